The quantitative estimate of drug-likeness (QED) is 0.587. The summed E-state index contributed by atoms with van der Waals surface area (Å²) in [6.07, 6.45) is 0. The van der Waals surface area contributed by atoms with Gasteiger partial charge in [0.2, 0.25) is 4.77 Å². The first kappa shape index (κ1) is 8.65. The normalized spacial score (nSPS) is 8.67. The SMILES string of the molecule is Cc1nc(=S)[nH]n1C.Cl. The largest absolute Gasteiger partial charge is 0.275 e. The summed E-state index contributed by atoms with van der Waals surface area (Å²) in [6, 6.07) is 0. The van der Waals surface area contributed by atoms with Gasteiger partial charge < -0.3 is 0 Å². The Kier molecular flexibility index (Phi) is 2.87. The summed E-state index contributed by atoms with van der Waals surface area (Å²) in [5, 5.41) is 2.83. The summed E-state index contributed by atoms with van der Waals surface area (Å²) in [5.74, 6) is 0.912. The van der Waals surface area contributed by atoms with Gasteiger partial charge in [-0.15, -0.1) is 12.4 Å². The lowest BCUT2D eigenvalue weighted by atomic mass is 10.7. The molecule has 3 nitrogen and oxygen atoms in total. The van der Waals surface area contributed by atoms with Gasteiger partial charge in [-0.3, -0.25) is 9.78 Å². The van der Waals surface area contributed by atoms with Gasteiger partial charge in [-0.05, 0) is 19.1 Å². The lowest BCUT2D eigenvalue weighted by Crippen LogP contribution is -1.91. The van der Waals surface area contributed by atoms with E-state index in [1.54, 1.807) is 4.68 Å². The molecule has 1 heterocycles. The van der Waals surface area contributed by atoms with Gasteiger partial charge in [0.05, 0.1) is 0 Å². The molecule has 0 atom stereocenters. The summed E-state index contributed by atoms with van der Waals surface area (Å²) in [7, 11) is 1.87. The molecule has 0 aliphatic carbocycles. The molecule has 1 aromatic heterocycles. The molecule has 0 saturated heterocycles. The lowest BCUT2D eigenvalue weighted by Gasteiger charge is -1.87. The molecule has 1 rings (SSSR count). The molecule has 1 aromatic rings. The number of nitrogens with one attached hydrogen (secondary N) is 1. The second-order valence-electron chi connectivity index (χ2n) is 1.63. The van der Waals surface area contributed by atoms with Gasteiger partial charge in [0.15, 0.2) is 0 Å². The molecule has 0 radical (unpaired) electrons. The van der Waals surface area contributed by atoms with Crippen LogP contribution in [0.25, 0.3) is 0 Å². The topological polar surface area (TPSA) is 33.6 Å². The third-order valence-electron chi connectivity index (χ3n) is 1.01. The van der Waals surface area contributed by atoms with Crippen LogP contribution in [-0.2, 0) is 7.05 Å². The standard InChI is InChI=1S/C4H7N3S.ClH/c1-3-5-4(8)6-7(3)2;/h1-2H3,(H,6,8);1H. The van der Waals surface area contributed by atoms with Gasteiger partial charge in [-0.1, -0.05) is 0 Å². The summed E-state index contributed by atoms with van der Waals surface area (Å²) >= 11 is 4.73. The summed E-state index contributed by atoms with van der Waals surface area (Å²) < 4.78 is 2.33. The average molecular weight is 166 g/mol. The third-order valence-corrected chi connectivity index (χ3v) is 1.19. The Balaban J connectivity index is 0.000000640. The van der Waals surface area contributed by atoms with E-state index >= 15 is 0 Å². The minimum Gasteiger partial charge on any atom is -0.275 e. The number of H-pyrrole nitrogens is 1. The van der Waals surface area contributed by atoms with Crippen LogP contribution in [0.15, 0.2) is 0 Å². The van der Waals surface area contributed by atoms with E-state index in [4.69, 9.17) is 12.2 Å². The van der Waals surface area contributed by atoms with Crippen LogP contribution in [0.1, 0.15) is 5.82 Å². The molecule has 0 spiro atoms. The zero-order valence-corrected chi connectivity index (χ0v) is 6.84. The Morgan fingerprint density at radius 1 is 1.67 bits per heavy atom. The van der Waals surface area contributed by atoms with Crippen molar-refractivity contribution in [2.75, 3.05) is 0 Å². The fraction of sp³-hybridized carbons (Fsp3) is 0.500. The highest BCUT2D eigenvalue weighted by Crippen LogP contribution is 1.86. The van der Waals surface area contributed by atoms with Crippen molar-refractivity contribution in [3.8, 4) is 0 Å². The van der Waals surface area contributed by atoms with Gasteiger partial charge >= 0.3 is 0 Å². The van der Waals surface area contributed by atoms with Crippen molar-refractivity contribution in [2.45, 2.75) is 6.92 Å². The highest BCUT2D eigenvalue weighted by Gasteiger charge is 1.88. The number of hydrogen-bond donors (Lipinski definition) is 1. The van der Waals surface area contributed by atoms with Crippen molar-refractivity contribution in [3.05, 3.63) is 10.6 Å². The van der Waals surface area contributed by atoms with Crippen LogP contribution in [0.5, 0.6) is 0 Å². The fourth-order valence-corrected chi connectivity index (χ4v) is 0.740. The van der Waals surface area contributed by atoms with Gasteiger partial charge in [-0.2, -0.15) is 0 Å². The van der Waals surface area contributed by atoms with Gasteiger partial charge in [0.1, 0.15) is 5.82 Å². The van der Waals surface area contributed by atoms with Gasteiger partial charge in [0, 0.05) is 7.05 Å². The number of nitrogens with zero attached hydrogens (tertiary/aromatic N) is 2. The van der Waals surface area contributed by atoms with E-state index in [0.29, 0.717) is 4.77 Å². The van der Waals surface area contributed by atoms with E-state index in [-0.39, 0.29) is 12.4 Å². The number of hydrogen-bond acceptors (Lipinski definition) is 2. The molecule has 1 N–H and O–H groups in total. The fourth-order valence-electron chi connectivity index (χ4n) is 0.471. The molecule has 0 saturated carbocycles. The van der Waals surface area contributed by atoms with Gasteiger partial charge in [-0.25, -0.2) is 4.98 Å². The van der Waals surface area contributed by atoms with Crippen molar-refractivity contribution in [1.29, 1.82) is 0 Å². The summed E-state index contributed by atoms with van der Waals surface area (Å²) in [5.41, 5.74) is 0. The lowest BCUT2D eigenvalue weighted by molar-refractivity contribution is 0.732. The Hall–Kier alpha value is -0.350. The first-order valence-electron chi connectivity index (χ1n) is 2.30. The molecule has 0 unspecified atom stereocenters. The maximum absolute atomic E-state index is 4.73. The average Bonchev–Trinajstić information content (AvgIpc) is 1.85. The van der Waals surface area contributed by atoms with E-state index in [1.165, 1.54) is 0 Å². The highest BCUT2D eigenvalue weighted by atomic mass is 35.5. The van der Waals surface area contributed by atoms with Crippen molar-refractivity contribution < 1.29 is 0 Å². The number of rotatable bonds is 0. The molecule has 0 aliphatic rings. The van der Waals surface area contributed by atoms with Gasteiger partial charge in [0.25, 0.3) is 0 Å². The molecule has 0 fully saturated rings. The Labute approximate surface area is 64.5 Å². The maximum Gasteiger partial charge on any atom is 0.213 e. The predicted molar refractivity (Wildman–Crippen MR) is 40.4 cm³/mol. The zero-order valence-electron chi connectivity index (χ0n) is 5.21. The monoisotopic (exact) mass is 165 g/mol. The molecular formula is C4H8ClN3S. The molecule has 5 heteroatoms. The predicted octanol–water partition coefficient (Wildman–Crippen LogP) is 1.21. The second kappa shape index (κ2) is 2.98. The molecule has 52 valence electrons. The second-order valence-corrected chi connectivity index (χ2v) is 2.02. The smallest absolute Gasteiger partial charge is 0.213 e. The molecule has 9 heavy (non-hydrogen) atoms. The molecule has 0 bridgehead atoms. The van der Waals surface area contributed by atoms with Crippen LogP contribution < -0.4 is 0 Å². The summed E-state index contributed by atoms with van der Waals surface area (Å²) in [6.45, 7) is 1.90. The molecular weight excluding hydrogens is 158 g/mol. The van der Waals surface area contributed by atoms with Crippen LogP contribution in [-0.4, -0.2) is 14.8 Å². The zero-order chi connectivity index (χ0) is 6.15. The number of halogens is 1. The molecule has 0 aromatic carbocycles. The summed E-state index contributed by atoms with van der Waals surface area (Å²) in [4.78, 5) is 3.93. The Bertz CT molecular complexity index is 216. The van der Waals surface area contributed by atoms with E-state index in [2.05, 4.69) is 10.1 Å². The van der Waals surface area contributed by atoms with E-state index in [9.17, 15) is 0 Å². The minimum absolute atomic E-state index is 0. The van der Waals surface area contributed by atoms with E-state index in [0.717, 1.165) is 5.82 Å². The van der Waals surface area contributed by atoms with Crippen molar-refractivity contribution in [2.24, 2.45) is 7.05 Å². The third kappa shape index (κ3) is 1.80. The van der Waals surface area contributed by atoms with Crippen molar-refractivity contribution in [3.63, 3.8) is 0 Å². The van der Waals surface area contributed by atoms with Crippen LogP contribution >= 0.6 is 24.6 Å². The maximum atomic E-state index is 4.73. The van der Waals surface area contributed by atoms with Crippen molar-refractivity contribution >= 4 is 24.6 Å². The van der Waals surface area contributed by atoms with E-state index < -0.39 is 0 Å². The highest BCUT2D eigenvalue weighted by molar-refractivity contribution is 7.71. The Morgan fingerprint density at radius 2 is 2.22 bits per heavy atom. The van der Waals surface area contributed by atoms with Crippen LogP contribution in [0, 0.1) is 11.7 Å². The number of aromatic amines is 1. The van der Waals surface area contributed by atoms with Crippen LogP contribution in [0.2, 0.25) is 0 Å². The van der Waals surface area contributed by atoms with E-state index in [1.807, 2.05) is 14.0 Å². The molecule has 0 aliphatic heterocycles. The van der Waals surface area contributed by atoms with Crippen LogP contribution in [0.4, 0.5) is 0 Å². The number of aryl methyl sites for hydroxylation is 2. The first-order chi connectivity index (χ1) is 3.70. The molecule has 0 amide bonds. The first-order valence-corrected chi connectivity index (χ1v) is 2.70. The van der Waals surface area contributed by atoms with Crippen LogP contribution in [0.3, 0.4) is 0 Å². The number of aromatic nitrogens is 3. The minimum atomic E-state index is 0. The Morgan fingerprint density at radius 3 is 2.33 bits per heavy atom. The van der Waals surface area contributed by atoms with Crippen molar-refractivity contribution in [1.82, 2.24) is 14.8 Å².